The average molecular weight is 832 g/mol. The van der Waals surface area contributed by atoms with Crippen LogP contribution in [0.1, 0.15) is 194 Å². The highest BCUT2D eigenvalue weighted by Gasteiger charge is 2.24. The Labute approximate surface area is 368 Å². The van der Waals surface area contributed by atoms with E-state index in [1.807, 2.05) is 54.7 Å². The van der Waals surface area contributed by atoms with Gasteiger partial charge in [-0.2, -0.15) is 0 Å². The van der Waals surface area contributed by atoms with Gasteiger partial charge in [-0.05, 0) is 77.0 Å². The van der Waals surface area contributed by atoms with Crippen LogP contribution in [-0.2, 0) is 14.3 Å². The summed E-state index contributed by atoms with van der Waals surface area (Å²) in [5.41, 5.74) is 0. The summed E-state index contributed by atoms with van der Waals surface area (Å²) in [4.78, 5) is 26.1. The molecule has 0 aliphatic heterocycles. The van der Waals surface area contributed by atoms with Crippen LogP contribution in [0.15, 0.2) is 109 Å². The highest BCUT2D eigenvalue weighted by molar-refractivity contribution is 5.77. The molecule has 3 atom stereocenters. The largest absolute Gasteiger partial charge is 0.462 e. The molecule has 0 aromatic carbocycles. The van der Waals surface area contributed by atoms with E-state index < -0.39 is 18.2 Å². The highest BCUT2D eigenvalue weighted by Crippen LogP contribution is 2.17. The third-order valence-corrected chi connectivity index (χ3v) is 10.3. The molecule has 0 spiro atoms. The number of esters is 1. The van der Waals surface area contributed by atoms with Gasteiger partial charge in [-0.15, -0.1) is 0 Å². The molecular weight excluding hydrogens is 743 g/mol. The molecule has 0 aromatic heterocycles. The van der Waals surface area contributed by atoms with Crippen LogP contribution in [0.25, 0.3) is 0 Å². The Morgan fingerprint density at radius 3 is 1.57 bits per heavy atom. The standard InChI is InChI=1S/C54H89NO5/c1-4-7-10-13-16-19-22-24-26-27-28-30-32-35-38-41-44-47-54(59)60-50(45-42-39-36-33-31-29-25-23-20-17-14-11-8-5-2)48-53(58)55-51(49-56)52(57)46-43-40-37-34-21-18-15-12-9-6-3/h7-8,10-11,13,16-17,19-20,22,24-30,32,50-52,56-57H,4-6,9,12,14-15,18,21,23,31,33-49H2,1-3H3,(H,55,58)/b10-7-,11-8+,16-13+,20-17+,22-19+,26-24-,28-27+,29-25+,32-30+. The van der Waals surface area contributed by atoms with Gasteiger partial charge < -0.3 is 20.3 Å². The third-order valence-electron chi connectivity index (χ3n) is 10.3. The first-order chi connectivity index (χ1) is 29.5. The Hall–Kier alpha value is -3.48. The second kappa shape index (κ2) is 46.6. The maximum Gasteiger partial charge on any atom is 0.306 e. The van der Waals surface area contributed by atoms with Crippen LogP contribution >= 0.6 is 0 Å². The van der Waals surface area contributed by atoms with Crippen LogP contribution < -0.4 is 5.32 Å². The predicted octanol–water partition coefficient (Wildman–Crippen LogP) is 14.3. The molecule has 0 fully saturated rings. The maximum atomic E-state index is 13.2. The fourth-order valence-corrected chi connectivity index (χ4v) is 6.65. The molecule has 0 saturated carbocycles. The second-order valence-electron chi connectivity index (χ2n) is 15.9. The molecule has 0 bridgehead atoms. The number of carbonyl (C=O) groups excluding carboxylic acids is 2. The number of rotatable bonds is 41. The molecule has 6 nitrogen and oxygen atoms in total. The van der Waals surface area contributed by atoms with Crippen molar-refractivity contribution in [2.45, 2.75) is 212 Å². The molecule has 0 aliphatic carbocycles. The molecule has 0 rings (SSSR count). The molecule has 3 N–H and O–H groups in total. The van der Waals surface area contributed by atoms with Crippen molar-refractivity contribution < 1.29 is 24.5 Å². The molecule has 0 aromatic rings. The van der Waals surface area contributed by atoms with E-state index in [-0.39, 0.29) is 24.9 Å². The lowest BCUT2D eigenvalue weighted by Crippen LogP contribution is -2.46. The third kappa shape index (κ3) is 41.3. The average Bonchev–Trinajstić information content (AvgIpc) is 3.24. The first kappa shape index (κ1) is 56.5. The number of amides is 1. The van der Waals surface area contributed by atoms with Gasteiger partial charge in [0.15, 0.2) is 0 Å². The molecule has 60 heavy (non-hydrogen) atoms. The van der Waals surface area contributed by atoms with Gasteiger partial charge in [0.1, 0.15) is 6.10 Å². The van der Waals surface area contributed by atoms with Crippen molar-refractivity contribution in [1.29, 1.82) is 0 Å². The molecular formula is C54H89NO5. The van der Waals surface area contributed by atoms with E-state index >= 15 is 0 Å². The van der Waals surface area contributed by atoms with Crippen LogP contribution in [-0.4, -0.2) is 46.9 Å². The molecule has 340 valence electrons. The quantitative estimate of drug-likeness (QED) is 0.0247. The van der Waals surface area contributed by atoms with Crippen LogP contribution in [0.4, 0.5) is 0 Å². The first-order valence-electron chi connectivity index (χ1n) is 24.2. The Morgan fingerprint density at radius 1 is 0.517 bits per heavy atom. The molecule has 0 heterocycles. The Morgan fingerprint density at radius 2 is 0.983 bits per heavy atom. The van der Waals surface area contributed by atoms with Crippen molar-refractivity contribution in [2.24, 2.45) is 0 Å². The topological polar surface area (TPSA) is 95.9 Å². The summed E-state index contributed by atoms with van der Waals surface area (Å²) < 4.78 is 5.89. The van der Waals surface area contributed by atoms with E-state index in [2.05, 4.69) is 80.8 Å². The number of allylic oxidation sites excluding steroid dienone is 18. The van der Waals surface area contributed by atoms with Crippen LogP contribution in [0.2, 0.25) is 0 Å². The number of hydrogen-bond acceptors (Lipinski definition) is 5. The smallest absolute Gasteiger partial charge is 0.306 e. The van der Waals surface area contributed by atoms with Gasteiger partial charge in [0.05, 0.1) is 25.2 Å². The zero-order valence-corrected chi connectivity index (χ0v) is 38.5. The van der Waals surface area contributed by atoms with Crippen molar-refractivity contribution in [2.75, 3.05) is 6.61 Å². The monoisotopic (exact) mass is 832 g/mol. The summed E-state index contributed by atoms with van der Waals surface area (Å²) in [6.45, 7) is 6.18. The molecule has 0 radical (unpaired) electrons. The van der Waals surface area contributed by atoms with E-state index in [0.717, 1.165) is 103 Å². The fraction of sp³-hybridized carbons (Fsp3) is 0.630. The van der Waals surface area contributed by atoms with Gasteiger partial charge in [-0.25, -0.2) is 0 Å². The Balaban J connectivity index is 4.76. The minimum atomic E-state index is -0.807. The molecule has 6 heteroatoms. The van der Waals surface area contributed by atoms with Gasteiger partial charge in [0.2, 0.25) is 5.91 Å². The molecule has 1 amide bonds. The number of ether oxygens (including phenoxy) is 1. The second-order valence-corrected chi connectivity index (χ2v) is 15.9. The summed E-state index contributed by atoms with van der Waals surface area (Å²) in [6, 6.07) is -0.724. The van der Waals surface area contributed by atoms with Gasteiger partial charge in [-0.1, -0.05) is 214 Å². The van der Waals surface area contributed by atoms with Gasteiger partial charge in [-0.3, -0.25) is 9.59 Å². The highest BCUT2D eigenvalue weighted by atomic mass is 16.5. The lowest BCUT2D eigenvalue weighted by atomic mass is 10.0. The summed E-state index contributed by atoms with van der Waals surface area (Å²) in [6.07, 6.45) is 62.8. The van der Waals surface area contributed by atoms with Crippen LogP contribution in [0.3, 0.4) is 0 Å². The molecule has 3 unspecified atom stereocenters. The summed E-state index contributed by atoms with van der Waals surface area (Å²) >= 11 is 0. The predicted molar refractivity (Wildman–Crippen MR) is 259 cm³/mol. The normalized spacial score (nSPS) is 14.3. The lowest BCUT2D eigenvalue weighted by molar-refractivity contribution is -0.151. The number of carbonyl (C=O) groups is 2. The van der Waals surface area contributed by atoms with E-state index in [9.17, 15) is 19.8 Å². The van der Waals surface area contributed by atoms with E-state index in [4.69, 9.17) is 4.74 Å². The number of aliphatic hydroxyl groups excluding tert-OH is 2. The zero-order chi connectivity index (χ0) is 43.8. The number of unbranched alkanes of at least 4 members (excludes halogenated alkanes) is 16. The SMILES string of the molecule is CC\C=C/C=C/C=C/C=C\C=C\C=C\CCCCCC(=O)OC(CCCCCC/C=C/C/C=C/C/C=C/CC)CC(=O)NC(CO)C(O)CCCCCCCCCCCC. The number of hydrogen-bond donors (Lipinski definition) is 3. The van der Waals surface area contributed by atoms with E-state index in [1.165, 1.54) is 44.9 Å². The first-order valence-corrected chi connectivity index (χ1v) is 24.2. The van der Waals surface area contributed by atoms with Crippen molar-refractivity contribution in [1.82, 2.24) is 5.32 Å². The lowest BCUT2D eigenvalue weighted by Gasteiger charge is -2.24. The molecule has 0 aliphatic rings. The van der Waals surface area contributed by atoms with Gasteiger partial charge in [0.25, 0.3) is 0 Å². The Kier molecular flexibility index (Phi) is 43.9. The summed E-state index contributed by atoms with van der Waals surface area (Å²) in [5, 5.41) is 23.7. The Bertz CT molecular complexity index is 1250. The number of nitrogens with one attached hydrogen (secondary N) is 1. The summed E-state index contributed by atoms with van der Waals surface area (Å²) in [7, 11) is 0. The molecule has 0 saturated heterocycles. The van der Waals surface area contributed by atoms with Crippen LogP contribution in [0.5, 0.6) is 0 Å². The minimum Gasteiger partial charge on any atom is -0.462 e. The van der Waals surface area contributed by atoms with E-state index in [1.54, 1.807) is 0 Å². The van der Waals surface area contributed by atoms with Crippen molar-refractivity contribution in [3.05, 3.63) is 109 Å². The summed E-state index contributed by atoms with van der Waals surface area (Å²) in [5.74, 6) is -0.560. The maximum absolute atomic E-state index is 13.2. The van der Waals surface area contributed by atoms with E-state index in [0.29, 0.717) is 19.3 Å². The van der Waals surface area contributed by atoms with Crippen molar-refractivity contribution in [3.63, 3.8) is 0 Å². The fourth-order valence-electron chi connectivity index (χ4n) is 6.65. The van der Waals surface area contributed by atoms with Gasteiger partial charge in [0, 0.05) is 6.42 Å². The van der Waals surface area contributed by atoms with Crippen molar-refractivity contribution >= 4 is 11.9 Å². The van der Waals surface area contributed by atoms with Crippen LogP contribution in [0, 0.1) is 0 Å². The van der Waals surface area contributed by atoms with Gasteiger partial charge >= 0.3 is 5.97 Å². The zero-order valence-electron chi connectivity index (χ0n) is 38.5. The van der Waals surface area contributed by atoms with Crippen molar-refractivity contribution in [3.8, 4) is 0 Å². The minimum absolute atomic E-state index is 0.0369. The number of aliphatic hydroxyl groups is 2.